The van der Waals surface area contributed by atoms with Gasteiger partial charge in [0.2, 0.25) is 0 Å². The largest absolute Gasteiger partial charge is 0.397 e. The maximum absolute atomic E-state index is 6.03. The smallest absolute Gasteiger partial charge is 0.138 e. The van der Waals surface area contributed by atoms with Gasteiger partial charge in [-0.05, 0) is 29.7 Å². The maximum Gasteiger partial charge on any atom is 0.138 e. The second-order valence-electron chi connectivity index (χ2n) is 4.16. The highest BCUT2D eigenvalue weighted by molar-refractivity contribution is 6.31. The van der Waals surface area contributed by atoms with Crippen LogP contribution in [-0.4, -0.2) is 9.97 Å². The van der Waals surface area contributed by atoms with Crippen molar-refractivity contribution in [1.29, 1.82) is 0 Å². The van der Waals surface area contributed by atoms with E-state index in [4.69, 9.17) is 17.3 Å². The fourth-order valence-electron chi connectivity index (χ4n) is 1.90. The van der Waals surface area contributed by atoms with Crippen LogP contribution >= 0.6 is 11.6 Å². The lowest BCUT2D eigenvalue weighted by molar-refractivity contribution is 1.29. The lowest BCUT2D eigenvalue weighted by Crippen LogP contribution is -1.96. The van der Waals surface area contributed by atoms with Gasteiger partial charge in [0.1, 0.15) is 5.82 Å². The minimum atomic E-state index is 0.600. The second kappa shape index (κ2) is 4.74. The standard InChI is InChI=1S/C14H11ClN4/c15-10-2-1-9-3-4-18-14(13(9)5-10)19-12-6-11(16)7-17-8-12/h1-8H,16H2,(H,18,19). The Labute approximate surface area is 115 Å². The monoisotopic (exact) mass is 270 g/mol. The molecular weight excluding hydrogens is 260 g/mol. The normalized spacial score (nSPS) is 10.6. The second-order valence-corrected chi connectivity index (χ2v) is 4.59. The van der Waals surface area contributed by atoms with Gasteiger partial charge in [-0.2, -0.15) is 0 Å². The van der Waals surface area contributed by atoms with Gasteiger partial charge in [0.05, 0.1) is 17.6 Å². The maximum atomic E-state index is 6.03. The number of fused-ring (bicyclic) bond motifs is 1. The number of pyridine rings is 2. The zero-order valence-electron chi connectivity index (χ0n) is 9.97. The van der Waals surface area contributed by atoms with Crippen LogP contribution in [0.2, 0.25) is 5.02 Å². The summed E-state index contributed by atoms with van der Waals surface area (Å²) in [7, 11) is 0. The first-order valence-electron chi connectivity index (χ1n) is 5.74. The molecular formula is C14H11ClN4. The third-order valence-corrected chi connectivity index (χ3v) is 2.99. The molecule has 2 aromatic heterocycles. The molecule has 19 heavy (non-hydrogen) atoms. The molecule has 0 atom stereocenters. The van der Waals surface area contributed by atoms with E-state index in [1.807, 2.05) is 24.3 Å². The summed E-state index contributed by atoms with van der Waals surface area (Å²) >= 11 is 6.03. The molecule has 1 aromatic carbocycles. The molecule has 3 aromatic rings. The molecule has 0 bridgehead atoms. The summed E-state index contributed by atoms with van der Waals surface area (Å²) in [6.45, 7) is 0. The number of aromatic nitrogens is 2. The van der Waals surface area contributed by atoms with Gasteiger partial charge in [-0.25, -0.2) is 4.98 Å². The molecule has 4 nitrogen and oxygen atoms in total. The van der Waals surface area contributed by atoms with Crippen LogP contribution in [0.5, 0.6) is 0 Å². The Balaban J connectivity index is 2.07. The van der Waals surface area contributed by atoms with E-state index in [2.05, 4.69) is 15.3 Å². The van der Waals surface area contributed by atoms with Crippen LogP contribution < -0.4 is 11.1 Å². The van der Waals surface area contributed by atoms with Crippen LogP contribution in [-0.2, 0) is 0 Å². The molecule has 0 aliphatic heterocycles. The van der Waals surface area contributed by atoms with Gasteiger partial charge < -0.3 is 11.1 Å². The van der Waals surface area contributed by atoms with Gasteiger partial charge in [0.25, 0.3) is 0 Å². The first-order chi connectivity index (χ1) is 9.22. The topological polar surface area (TPSA) is 63.8 Å². The van der Waals surface area contributed by atoms with Crippen LogP contribution in [0.25, 0.3) is 10.8 Å². The van der Waals surface area contributed by atoms with E-state index in [1.165, 1.54) is 0 Å². The van der Waals surface area contributed by atoms with Crippen LogP contribution in [0, 0.1) is 0 Å². The zero-order valence-corrected chi connectivity index (χ0v) is 10.7. The fraction of sp³-hybridized carbons (Fsp3) is 0. The number of hydrogen-bond acceptors (Lipinski definition) is 4. The Morgan fingerprint density at radius 3 is 2.84 bits per heavy atom. The molecule has 3 N–H and O–H groups in total. The Kier molecular flexibility index (Phi) is 2.93. The highest BCUT2D eigenvalue weighted by Gasteiger charge is 2.04. The Morgan fingerprint density at radius 1 is 1.11 bits per heavy atom. The van der Waals surface area contributed by atoms with E-state index < -0.39 is 0 Å². The number of benzene rings is 1. The molecule has 0 aliphatic carbocycles. The van der Waals surface area contributed by atoms with Gasteiger partial charge in [0, 0.05) is 22.8 Å². The van der Waals surface area contributed by atoms with Crippen molar-refractivity contribution < 1.29 is 0 Å². The van der Waals surface area contributed by atoms with Crippen LogP contribution in [0.3, 0.4) is 0 Å². The van der Waals surface area contributed by atoms with E-state index in [1.54, 1.807) is 24.7 Å². The number of halogens is 1. The molecule has 0 fully saturated rings. The predicted molar refractivity (Wildman–Crippen MR) is 78.7 cm³/mol. The first-order valence-corrected chi connectivity index (χ1v) is 6.12. The van der Waals surface area contributed by atoms with Crippen molar-refractivity contribution in [3.63, 3.8) is 0 Å². The third-order valence-electron chi connectivity index (χ3n) is 2.75. The molecule has 5 heteroatoms. The van der Waals surface area contributed by atoms with Crippen molar-refractivity contribution in [2.24, 2.45) is 0 Å². The summed E-state index contributed by atoms with van der Waals surface area (Å²) in [4.78, 5) is 8.37. The highest BCUT2D eigenvalue weighted by atomic mass is 35.5. The average Bonchev–Trinajstić information content (AvgIpc) is 2.39. The summed E-state index contributed by atoms with van der Waals surface area (Å²) in [5.74, 6) is 0.729. The summed E-state index contributed by atoms with van der Waals surface area (Å²) in [6, 6.07) is 9.44. The summed E-state index contributed by atoms with van der Waals surface area (Å²) in [6.07, 6.45) is 5.04. The quantitative estimate of drug-likeness (QED) is 0.747. The number of nitrogens with zero attached hydrogens (tertiary/aromatic N) is 2. The molecule has 0 aliphatic rings. The summed E-state index contributed by atoms with van der Waals surface area (Å²) in [5, 5.41) is 5.90. The number of hydrogen-bond donors (Lipinski definition) is 2. The van der Waals surface area contributed by atoms with E-state index in [-0.39, 0.29) is 0 Å². The van der Waals surface area contributed by atoms with Crippen LogP contribution in [0.4, 0.5) is 17.2 Å². The molecule has 0 unspecified atom stereocenters. The molecule has 0 saturated heterocycles. The van der Waals surface area contributed by atoms with Crippen LogP contribution in [0.15, 0.2) is 48.9 Å². The van der Waals surface area contributed by atoms with Gasteiger partial charge in [-0.1, -0.05) is 17.7 Å². The molecule has 0 saturated carbocycles. The van der Waals surface area contributed by atoms with E-state index in [0.717, 1.165) is 22.3 Å². The first kappa shape index (κ1) is 11.7. The Bertz CT molecular complexity index is 742. The lowest BCUT2D eigenvalue weighted by Gasteiger charge is -2.09. The molecule has 0 spiro atoms. The van der Waals surface area contributed by atoms with Gasteiger partial charge >= 0.3 is 0 Å². The van der Waals surface area contributed by atoms with Crippen molar-refractivity contribution >= 4 is 39.6 Å². The average molecular weight is 271 g/mol. The van der Waals surface area contributed by atoms with Crippen molar-refractivity contribution in [2.75, 3.05) is 11.1 Å². The number of nitrogens with two attached hydrogens (primary N) is 1. The molecule has 2 heterocycles. The van der Waals surface area contributed by atoms with Gasteiger partial charge in [-0.3, -0.25) is 4.98 Å². The number of anilines is 3. The Morgan fingerprint density at radius 2 is 2.00 bits per heavy atom. The van der Waals surface area contributed by atoms with Crippen molar-refractivity contribution in [2.45, 2.75) is 0 Å². The van der Waals surface area contributed by atoms with Gasteiger partial charge in [-0.15, -0.1) is 0 Å². The van der Waals surface area contributed by atoms with Crippen LogP contribution in [0.1, 0.15) is 0 Å². The Hall–Kier alpha value is -2.33. The predicted octanol–water partition coefficient (Wildman–Crippen LogP) is 3.61. The highest BCUT2D eigenvalue weighted by Crippen LogP contribution is 2.27. The van der Waals surface area contributed by atoms with Gasteiger partial charge in [0.15, 0.2) is 0 Å². The summed E-state index contributed by atoms with van der Waals surface area (Å²) in [5.41, 5.74) is 7.10. The number of nitrogens with one attached hydrogen (secondary N) is 1. The SMILES string of the molecule is Nc1cncc(Nc2nccc3ccc(Cl)cc23)c1. The third kappa shape index (κ3) is 2.44. The van der Waals surface area contributed by atoms with E-state index in [9.17, 15) is 0 Å². The summed E-state index contributed by atoms with van der Waals surface area (Å²) < 4.78 is 0. The fourth-order valence-corrected chi connectivity index (χ4v) is 2.08. The number of nitrogen functional groups attached to an aromatic ring is 1. The lowest BCUT2D eigenvalue weighted by atomic mass is 10.1. The van der Waals surface area contributed by atoms with Crippen molar-refractivity contribution in [1.82, 2.24) is 9.97 Å². The minimum absolute atomic E-state index is 0.600. The molecule has 3 rings (SSSR count). The molecule has 0 radical (unpaired) electrons. The number of rotatable bonds is 2. The van der Waals surface area contributed by atoms with E-state index >= 15 is 0 Å². The molecule has 0 amide bonds. The van der Waals surface area contributed by atoms with E-state index in [0.29, 0.717) is 10.7 Å². The van der Waals surface area contributed by atoms with Crippen molar-refractivity contribution in [3.8, 4) is 0 Å². The van der Waals surface area contributed by atoms with Crippen molar-refractivity contribution in [3.05, 3.63) is 53.9 Å². The minimum Gasteiger partial charge on any atom is -0.397 e. The molecule has 94 valence electrons. The zero-order chi connectivity index (χ0) is 13.2.